The fourth-order valence-electron chi connectivity index (χ4n) is 4.68. The Bertz CT molecular complexity index is 754. The summed E-state index contributed by atoms with van der Waals surface area (Å²) in [6, 6.07) is 6.54. The highest BCUT2D eigenvalue weighted by Gasteiger charge is 2.32. The van der Waals surface area contributed by atoms with Gasteiger partial charge in [0.25, 0.3) is 0 Å². The molecule has 3 unspecified atom stereocenters. The third-order valence-corrected chi connectivity index (χ3v) is 6.11. The molecule has 0 amide bonds. The number of nitrogens with zero attached hydrogens (tertiary/aromatic N) is 4. The van der Waals surface area contributed by atoms with E-state index in [1.807, 2.05) is 31.6 Å². The van der Waals surface area contributed by atoms with Crippen molar-refractivity contribution in [2.24, 2.45) is 16.8 Å². The Labute approximate surface area is 161 Å². The van der Waals surface area contributed by atoms with Crippen LogP contribution in [0, 0.1) is 11.8 Å². The summed E-state index contributed by atoms with van der Waals surface area (Å²) in [6.45, 7) is 0.717. The molecule has 0 aromatic carbocycles. The molecule has 3 atom stereocenters. The van der Waals surface area contributed by atoms with Gasteiger partial charge in [0.05, 0.1) is 0 Å². The van der Waals surface area contributed by atoms with Crippen LogP contribution in [0.25, 0.3) is 5.82 Å². The Balaban J connectivity index is 1.31. The molecule has 0 spiro atoms. The molecule has 2 fully saturated rings. The molecule has 2 aromatic heterocycles. The van der Waals surface area contributed by atoms with E-state index < -0.39 is 0 Å². The normalized spacial score (nSPS) is 25.7. The number of pyridine rings is 1. The van der Waals surface area contributed by atoms with Gasteiger partial charge in [-0.25, -0.2) is 9.67 Å². The SMILES string of the molecule is CN=C(NCc1ccnc(-n2cccn2)c1)NC1CCC2CCCCC2C1. The summed E-state index contributed by atoms with van der Waals surface area (Å²) in [5.74, 6) is 3.62. The average Bonchev–Trinajstić information content (AvgIpc) is 3.26. The second-order valence-corrected chi connectivity index (χ2v) is 7.86. The van der Waals surface area contributed by atoms with E-state index in [0.717, 1.165) is 35.7 Å². The van der Waals surface area contributed by atoms with E-state index in [0.29, 0.717) is 6.04 Å². The molecule has 2 saturated carbocycles. The lowest BCUT2D eigenvalue weighted by atomic mass is 9.69. The highest BCUT2D eigenvalue weighted by molar-refractivity contribution is 5.79. The minimum Gasteiger partial charge on any atom is -0.354 e. The van der Waals surface area contributed by atoms with Crippen LogP contribution in [0.1, 0.15) is 50.5 Å². The predicted molar refractivity (Wildman–Crippen MR) is 108 cm³/mol. The van der Waals surface area contributed by atoms with Crippen molar-refractivity contribution in [2.45, 2.75) is 57.5 Å². The lowest BCUT2D eigenvalue weighted by molar-refractivity contribution is 0.150. The van der Waals surface area contributed by atoms with Crippen LogP contribution in [0.5, 0.6) is 0 Å². The third-order valence-electron chi connectivity index (χ3n) is 6.11. The zero-order chi connectivity index (χ0) is 18.5. The second kappa shape index (κ2) is 8.55. The van der Waals surface area contributed by atoms with Gasteiger partial charge in [0, 0.05) is 38.2 Å². The minimum absolute atomic E-state index is 0.549. The number of aromatic nitrogens is 3. The molecule has 2 aliphatic rings. The highest BCUT2D eigenvalue weighted by Crippen LogP contribution is 2.40. The van der Waals surface area contributed by atoms with Crippen molar-refractivity contribution in [3.05, 3.63) is 42.4 Å². The maximum Gasteiger partial charge on any atom is 0.191 e. The summed E-state index contributed by atoms with van der Waals surface area (Å²) < 4.78 is 1.78. The van der Waals surface area contributed by atoms with Crippen molar-refractivity contribution < 1.29 is 0 Å². The molecule has 0 saturated heterocycles. The number of hydrogen-bond acceptors (Lipinski definition) is 3. The molecule has 2 heterocycles. The molecule has 0 aliphatic heterocycles. The maximum absolute atomic E-state index is 4.43. The van der Waals surface area contributed by atoms with Crippen molar-refractivity contribution in [3.8, 4) is 5.82 Å². The smallest absolute Gasteiger partial charge is 0.191 e. The Hall–Kier alpha value is -2.37. The number of nitrogens with one attached hydrogen (secondary N) is 2. The molecule has 27 heavy (non-hydrogen) atoms. The van der Waals surface area contributed by atoms with Crippen LogP contribution in [-0.2, 0) is 6.54 Å². The number of guanidine groups is 1. The molecule has 6 nitrogen and oxygen atoms in total. The van der Waals surface area contributed by atoms with Crippen LogP contribution in [0.4, 0.5) is 0 Å². The minimum atomic E-state index is 0.549. The lowest BCUT2D eigenvalue weighted by Crippen LogP contribution is -2.46. The van der Waals surface area contributed by atoms with Crippen LogP contribution in [0.2, 0.25) is 0 Å². The van der Waals surface area contributed by atoms with Crippen molar-refractivity contribution in [1.82, 2.24) is 25.4 Å². The summed E-state index contributed by atoms with van der Waals surface area (Å²) in [7, 11) is 1.85. The van der Waals surface area contributed by atoms with Crippen LogP contribution >= 0.6 is 0 Å². The van der Waals surface area contributed by atoms with Crippen molar-refractivity contribution >= 4 is 5.96 Å². The molecule has 4 rings (SSSR count). The third kappa shape index (κ3) is 4.49. The van der Waals surface area contributed by atoms with Gasteiger partial charge in [-0.1, -0.05) is 25.7 Å². The number of rotatable bonds is 4. The molecule has 6 heteroatoms. The van der Waals surface area contributed by atoms with Crippen LogP contribution < -0.4 is 10.6 Å². The topological polar surface area (TPSA) is 67.1 Å². The van der Waals surface area contributed by atoms with Gasteiger partial charge in [0.1, 0.15) is 0 Å². The highest BCUT2D eigenvalue weighted by atomic mass is 15.3. The summed E-state index contributed by atoms with van der Waals surface area (Å²) >= 11 is 0. The Morgan fingerprint density at radius 2 is 2.07 bits per heavy atom. The zero-order valence-electron chi connectivity index (χ0n) is 16.1. The van der Waals surface area contributed by atoms with Crippen LogP contribution in [0.15, 0.2) is 41.8 Å². The molecule has 2 N–H and O–H groups in total. The number of fused-ring (bicyclic) bond motifs is 1. The fraction of sp³-hybridized carbons (Fsp3) is 0.571. The Morgan fingerprint density at radius 1 is 1.19 bits per heavy atom. The molecule has 0 radical (unpaired) electrons. The lowest BCUT2D eigenvalue weighted by Gasteiger charge is -2.39. The van der Waals surface area contributed by atoms with Gasteiger partial charge in [-0.15, -0.1) is 0 Å². The van der Waals surface area contributed by atoms with E-state index in [4.69, 9.17) is 0 Å². The average molecular weight is 367 g/mol. The molecule has 2 aromatic rings. The molecule has 144 valence electrons. The number of hydrogen-bond donors (Lipinski definition) is 2. The molecular weight excluding hydrogens is 336 g/mol. The van der Waals surface area contributed by atoms with E-state index in [2.05, 4.69) is 31.8 Å². The predicted octanol–water partition coefficient (Wildman–Crippen LogP) is 3.29. The van der Waals surface area contributed by atoms with Gasteiger partial charge >= 0.3 is 0 Å². The van der Waals surface area contributed by atoms with Gasteiger partial charge in [0.2, 0.25) is 0 Å². The second-order valence-electron chi connectivity index (χ2n) is 7.86. The van der Waals surface area contributed by atoms with Gasteiger partial charge in [-0.3, -0.25) is 4.99 Å². The van der Waals surface area contributed by atoms with E-state index in [1.165, 1.54) is 44.9 Å². The van der Waals surface area contributed by atoms with Gasteiger partial charge < -0.3 is 10.6 Å². The van der Waals surface area contributed by atoms with Crippen molar-refractivity contribution in [3.63, 3.8) is 0 Å². The van der Waals surface area contributed by atoms with Crippen LogP contribution in [0.3, 0.4) is 0 Å². The first kappa shape index (κ1) is 18.0. The number of aliphatic imine (C=N–C) groups is 1. The van der Waals surface area contributed by atoms with Crippen molar-refractivity contribution in [2.75, 3.05) is 7.05 Å². The molecule has 0 bridgehead atoms. The van der Waals surface area contributed by atoms with E-state index >= 15 is 0 Å². The van der Waals surface area contributed by atoms with E-state index in [-0.39, 0.29) is 0 Å². The van der Waals surface area contributed by atoms with E-state index in [9.17, 15) is 0 Å². The monoisotopic (exact) mass is 366 g/mol. The Morgan fingerprint density at radius 3 is 2.89 bits per heavy atom. The summed E-state index contributed by atoms with van der Waals surface area (Å²) in [4.78, 5) is 8.82. The Kier molecular flexibility index (Phi) is 5.70. The first-order chi connectivity index (χ1) is 13.3. The maximum atomic E-state index is 4.43. The molecular formula is C21H30N6. The van der Waals surface area contributed by atoms with Crippen molar-refractivity contribution in [1.29, 1.82) is 0 Å². The van der Waals surface area contributed by atoms with Gasteiger partial charge in [0.15, 0.2) is 11.8 Å². The summed E-state index contributed by atoms with van der Waals surface area (Å²) in [5.41, 5.74) is 1.16. The summed E-state index contributed by atoms with van der Waals surface area (Å²) in [6.07, 6.45) is 15.2. The standard InChI is InChI=1S/C21H30N6/c1-22-21(26-19-8-7-17-5-2-3-6-18(17)14-19)24-15-16-9-11-23-20(13-16)27-12-4-10-25-27/h4,9-13,17-19H,2-3,5-8,14-15H2,1H3,(H2,22,24,26). The molecule has 2 aliphatic carbocycles. The van der Waals surface area contributed by atoms with Gasteiger partial charge in [-0.2, -0.15) is 5.10 Å². The fourth-order valence-corrected chi connectivity index (χ4v) is 4.68. The van der Waals surface area contributed by atoms with Crippen LogP contribution in [-0.4, -0.2) is 33.8 Å². The quantitative estimate of drug-likeness (QED) is 0.644. The zero-order valence-corrected chi connectivity index (χ0v) is 16.1. The van der Waals surface area contributed by atoms with Gasteiger partial charge in [-0.05, 0) is 54.9 Å². The summed E-state index contributed by atoms with van der Waals surface area (Å²) in [5, 5.41) is 11.4. The largest absolute Gasteiger partial charge is 0.354 e. The first-order valence-corrected chi connectivity index (χ1v) is 10.2. The first-order valence-electron chi connectivity index (χ1n) is 10.2. The van der Waals surface area contributed by atoms with E-state index in [1.54, 1.807) is 10.9 Å².